The van der Waals surface area contributed by atoms with Gasteiger partial charge in [-0.1, -0.05) is 27.5 Å². The number of phenolic OH excluding ortho intramolecular Hbond substituents is 1. The van der Waals surface area contributed by atoms with Crippen molar-refractivity contribution >= 4 is 55.1 Å². The maximum atomic E-state index is 12.0. The molecule has 3 nitrogen and oxygen atoms in total. The van der Waals surface area contributed by atoms with Gasteiger partial charge in [0.1, 0.15) is 5.75 Å². The van der Waals surface area contributed by atoms with Gasteiger partial charge < -0.3 is 10.4 Å². The summed E-state index contributed by atoms with van der Waals surface area (Å²) in [5.74, 6) is -0.337. The van der Waals surface area contributed by atoms with Crippen LogP contribution in [0, 0.1) is 0 Å². The third-order valence-corrected chi connectivity index (χ3v) is 3.88. The lowest BCUT2D eigenvalue weighted by Crippen LogP contribution is -2.12. The Hall–Kier alpha value is -1.04. The van der Waals surface area contributed by atoms with E-state index in [0.29, 0.717) is 20.7 Å². The van der Waals surface area contributed by atoms with E-state index in [1.54, 1.807) is 30.3 Å². The van der Waals surface area contributed by atoms with E-state index in [1.807, 2.05) is 0 Å². The van der Waals surface area contributed by atoms with Crippen molar-refractivity contribution in [1.82, 2.24) is 0 Å². The van der Waals surface area contributed by atoms with Gasteiger partial charge >= 0.3 is 0 Å². The first-order valence-electron chi connectivity index (χ1n) is 5.22. The van der Waals surface area contributed by atoms with Crippen LogP contribution < -0.4 is 5.32 Å². The Morgan fingerprint density at radius 3 is 2.58 bits per heavy atom. The molecule has 0 saturated heterocycles. The number of anilines is 1. The van der Waals surface area contributed by atoms with Crippen LogP contribution in [0.5, 0.6) is 5.75 Å². The average molecular weight is 405 g/mol. The van der Waals surface area contributed by atoms with Gasteiger partial charge in [0.05, 0.1) is 15.2 Å². The molecule has 0 atom stereocenters. The van der Waals surface area contributed by atoms with E-state index in [9.17, 15) is 9.90 Å². The van der Waals surface area contributed by atoms with Crippen molar-refractivity contribution in [2.45, 2.75) is 0 Å². The summed E-state index contributed by atoms with van der Waals surface area (Å²) in [5.41, 5.74) is 0.847. The van der Waals surface area contributed by atoms with E-state index in [-0.39, 0.29) is 11.7 Å². The van der Waals surface area contributed by atoms with Crippen LogP contribution in [-0.4, -0.2) is 11.0 Å². The summed E-state index contributed by atoms with van der Waals surface area (Å²) in [4.78, 5) is 12.0. The molecule has 0 aliphatic heterocycles. The first kappa shape index (κ1) is 14.4. The Balaban J connectivity index is 2.25. The first-order valence-corrected chi connectivity index (χ1v) is 7.18. The molecule has 0 bridgehead atoms. The quantitative estimate of drug-likeness (QED) is 0.752. The molecule has 19 heavy (non-hydrogen) atoms. The number of aromatic hydroxyl groups is 1. The Morgan fingerprint density at radius 2 is 1.89 bits per heavy atom. The normalized spacial score (nSPS) is 10.3. The largest absolute Gasteiger partial charge is 0.507 e. The smallest absolute Gasteiger partial charge is 0.255 e. The lowest BCUT2D eigenvalue weighted by Gasteiger charge is -2.08. The van der Waals surface area contributed by atoms with E-state index in [0.717, 1.165) is 4.47 Å². The van der Waals surface area contributed by atoms with Gasteiger partial charge in [-0.3, -0.25) is 4.79 Å². The van der Waals surface area contributed by atoms with Crippen molar-refractivity contribution in [3.63, 3.8) is 0 Å². The van der Waals surface area contributed by atoms with Crippen molar-refractivity contribution in [2.75, 3.05) is 5.32 Å². The van der Waals surface area contributed by atoms with Gasteiger partial charge in [-0.25, -0.2) is 0 Å². The number of benzene rings is 2. The van der Waals surface area contributed by atoms with E-state index in [1.165, 1.54) is 6.07 Å². The molecule has 0 aliphatic rings. The number of rotatable bonds is 2. The minimum atomic E-state index is -0.345. The van der Waals surface area contributed by atoms with E-state index >= 15 is 0 Å². The SMILES string of the molecule is O=C(Nc1cc(Br)ccc1Cl)c1ccc(Br)c(O)c1. The fourth-order valence-corrected chi connectivity index (χ4v) is 2.21. The summed E-state index contributed by atoms with van der Waals surface area (Å²) >= 11 is 12.5. The predicted molar refractivity (Wildman–Crippen MR) is 82.9 cm³/mol. The average Bonchev–Trinajstić information content (AvgIpc) is 2.37. The molecule has 0 aromatic heterocycles. The van der Waals surface area contributed by atoms with Gasteiger partial charge in [0.25, 0.3) is 5.91 Å². The standard InChI is InChI=1S/C13H8Br2ClNO2/c14-8-2-4-10(16)11(6-8)17-13(19)7-1-3-9(15)12(18)5-7/h1-6,18H,(H,17,19). The van der Waals surface area contributed by atoms with Gasteiger partial charge in [0, 0.05) is 10.0 Å². The lowest BCUT2D eigenvalue weighted by atomic mass is 10.2. The fraction of sp³-hybridized carbons (Fsp3) is 0. The second-order valence-corrected chi connectivity index (χ2v) is 5.92. The lowest BCUT2D eigenvalue weighted by molar-refractivity contribution is 0.102. The number of nitrogens with one attached hydrogen (secondary N) is 1. The number of halogens is 3. The number of hydrogen-bond acceptors (Lipinski definition) is 2. The number of amides is 1. The van der Waals surface area contributed by atoms with Crippen molar-refractivity contribution in [2.24, 2.45) is 0 Å². The third-order valence-electron chi connectivity index (χ3n) is 2.38. The minimum absolute atomic E-state index is 0.00740. The van der Waals surface area contributed by atoms with Gasteiger partial charge in [0.15, 0.2) is 0 Å². The predicted octanol–water partition coefficient (Wildman–Crippen LogP) is 4.82. The summed E-state index contributed by atoms with van der Waals surface area (Å²) in [6.45, 7) is 0. The highest BCUT2D eigenvalue weighted by Crippen LogP contribution is 2.28. The molecule has 0 heterocycles. The molecule has 0 radical (unpaired) electrons. The zero-order chi connectivity index (χ0) is 14.0. The van der Waals surface area contributed by atoms with Crippen LogP contribution >= 0.6 is 43.5 Å². The van der Waals surface area contributed by atoms with Gasteiger partial charge in [-0.05, 0) is 52.3 Å². The summed E-state index contributed by atoms with van der Waals surface area (Å²) in [7, 11) is 0. The second-order valence-electron chi connectivity index (χ2n) is 3.74. The number of hydrogen-bond donors (Lipinski definition) is 2. The minimum Gasteiger partial charge on any atom is -0.507 e. The maximum Gasteiger partial charge on any atom is 0.255 e. The topological polar surface area (TPSA) is 49.3 Å². The van der Waals surface area contributed by atoms with Crippen LogP contribution in [0.2, 0.25) is 5.02 Å². The zero-order valence-electron chi connectivity index (χ0n) is 9.45. The van der Waals surface area contributed by atoms with Crippen LogP contribution in [0.3, 0.4) is 0 Å². The molecule has 2 aromatic rings. The molecule has 0 unspecified atom stereocenters. The van der Waals surface area contributed by atoms with Crippen molar-refractivity contribution in [3.8, 4) is 5.75 Å². The molecule has 98 valence electrons. The molecule has 1 amide bonds. The molecular weight excluding hydrogens is 397 g/mol. The van der Waals surface area contributed by atoms with Crippen LogP contribution in [-0.2, 0) is 0 Å². The van der Waals surface area contributed by atoms with Gasteiger partial charge in [-0.2, -0.15) is 0 Å². The summed E-state index contributed by atoms with van der Waals surface area (Å²) < 4.78 is 1.34. The van der Waals surface area contributed by atoms with Crippen LogP contribution in [0.1, 0.15) is 10.4 Å². The number of carbonyl (C=O) groups excluding carboxylic acids is 1. The molecule has 2 rings (SSSR count). The Morgan fingerprint density at radius 1 is 1.16 bits per heavy atom. The maximum absolute atomic E-state index is 12.0. The highest BCUT2D eigenvalue weighted by atomic mass is 79.9. The Kier molecular flexibility index (Phi) is 4.50. The third kappa shape index (κ3) is 3.49. The van der Waals surface area contributed by atoms with Crippen molar-refractivity contribution < 1.29 is 9.90 Å². The molecule has 0 saturated carbocycles. The highest BCUT2D eigenvalue weighted by Gasteiger charge is 2.10. The summed E-state index contributed by atoms with van der Waals surface area (Å²) in [5, 5.41) is 12.7. The van der Waals surface area contributed by atoms with Crippen molar-refractivity contribution in [1.29, 1.82) is 0 Å². The Bertz CT molecular complexity index is 647. The summed E-state index contributed by atoms with van der Waals surface area (Å²) in [6.07, 6.45) is 0. The second kappa shape index (κ2) is 5.94. The number of phenols is 1. The first-order chi connectivity index (χ1) is 8.97. The van der Waals surface area contributed by atoms with Crippen LogP contribution in [0.25, 0.3) is 0 Å². The van der Waals surface area contributed by atoms with Crippen molar-refractivity contribution in [3.05, 3.63) is 55.9 Å². The number of carbonyl (C=O) groups is 1. The monoisotopic (exact) mass is 403 g/mol. The van der Waals surface area contributed by atoms with E-state index < -0.39 is 0 Å². The molecule has 0 spiro atoms. The molecule has 2 aromatic carbocycles. The van der Waals surface area contributed by atoms with E-state index in [2.05, 4.69) is 37.2 Å². The molecule has 0 fully saturated rings. The van der Waals surface area contributed by atoms with Crippen LogP contribution in [0.4, 0.5) is 5.69 Å². The van der Waals surface area contributed by atoms with E-state index in [4.69, 9.17) is 11.6 Å². The zero-order valence-corrected chi connectivity index (χ0v) is 13.4. The highest BCUT2D eigenvalue weighted by molar-refractivity contribution is 9.10. The molecule has 0 aliphatic carbocycles. The molecule has 2 N–H and O–H groups in total. The molecular formula is C13H8Br2ClNO2. The summed E-state index contributed by atoms with van der Waals surface area (Å²) in [6, 6.07) is 9.76. The molecule has 6 heteroatoms. The van der Waals surface area contributed by atoms with Gasteiger partial charge in [0.2, 0.25) is 0 Å². The fourth-order valence-electron chi connectivity index (χ4n) is 1.44. The Labute approximate surface area is 131 Å². The van der Waals surface area contributed by atoms with Crippen LogP contribution in [0.15, 0.2) is 45.3 Å². The van der Waals surface area contributed by atoms with Gasteiger partial charge in [-0.15, -0.1) is 0 Å².